The third-order valence-electron chi connectivity index (χ3n) is 11.1. The second-order valence-corrected chi connectivity index (χ2v) is 15.5. The van der Waals surface area contributed by atoms with Crippen LogP contribution in [0.25, 0.3) is 56.4 Å². The predicted octanol–water partition coefficient (Wildman–Crippen LogP) is 12.0. The molecule has 0 fully saturated rings. The maximum atomic E-state index is 6.57. The fourth-order valence-electron chi connectivity index (χ4n) is 8.45. The molecule has 0 N–H and O–H groups in total. The van der Waals surface area contributed by atoms with Crippen LogP contribution in [0.3, 0.4) is 0 Å². The minimum absolute atomic E-state index is 0.0300. The molecule has 6 aromatic carbocycles. The van der Waals surface area contributed by atoms with Crippen LogP contribution in [0.2, 0.25) is 0 Å². The molecule has 55 heavy (non-hydrogen) atoms. The van der Waals surface area contributed by atoms with E-state index in [0.717, 1.165) is 61.8 Å². The number of benzene rings is 6. The molecular formula is C50H38N4O. The van der Waals surface area contributed by atoms with Crippen LogP contribution in [-0.2, 0) is 10.8 Å². The van der Waals surface area contributed by atoms with Gasteiger partial charge in [0.1, 0.15) is 11.5 Å². The topological polar surface area (TPSA) is 60.8 Å². The summed E-state index contributed by atoms with van der Waals surface area (Å²) in [5, 5.41) is 0. The molecule has 2 aliphatic rings. The fraction of sp³-hybridized carbons (Fsp3) is 0.120. The molecule has 0 atom stereocenters. The quantitative estimate of drug-likeness (QED) is 0.182. The summed E-state index contributed by atoms with van der Waals surface area (Å²) in [6, 6.07) is 55.3. The SMILES string of the molecule is Cc1nc(C(C)(C)C)ccc1-c1cccc(-c2nc(-c3ccccc3)nc(-c3ccc4c(c3)C3(c5ccccc5Oc5ccccc53)c3ccccc3-4)n2)c1. The van der Waals surface area contributed by atoms with Gasteiger partial charge in [-0.1, -0.05) is 148 Å². The first-order chi connectivity index (χ1) is 26.8. The molecular weight excluding hydrogens is 673 g/mol. The van der Waals surface area contributed by atoms with E-state index in [1.165, 1.54) is 22.3 Å². The van der Waals surface area contributed by atoms with Gasteiger partial charge in [-0.2, -0.15) is 0 Å². The van der Waals surface area contributed by atoms with Gasteiger partial charge in [-0.3, -0.25) is 4.98 Å². The van der Waals surface area contributed by atoms with Gasteiger partial charge < -0.3 is 4.74 Å². The Morgan fingerprint density at radius 3 is 1.62 bits per heavy atom. The third kappa shape index (κ3) is 5.22. The second kappa shape index (κ2) is 12.4. The van der Waals surface area contributed by atoms with Crippen molar-refractivity contribution in [1.29, 1.82) is 0 Å². The minimum atomic E-state index is -0.589. The average molecular weight is 711 g/mol. The maximum Gasteiger partial charge on any atom is 0.164 e. The highest BCUT2D eigenvalue weighted by Gasteiger charge is 2.51. The Labute approximate surface area is 321 Å². The number of nitrogens with zero attached hydrogens (tertiary/aromatic N) is 4. The lowest BCUT2D eigenvalue weighted by Crippen LogP contribution is -2.32. The number of hydrogen-bond acceptors (Lipinski definition) is 5. The predicted molar refractivity (Wildman–Crippen MR) is 220 cm³/mol. The molecule has 264 valence electrons. The first-order valence-electron chi connectivity index (χ1n) is 18.8. The van der Waals surface area contributed by atoms with E-state index in [1.807, 2.05) is 30.3 Å². The monoisotopic (exact) mass is 710 g/mol. The van der Waals surface area contributed by atoms with Crippen LogP contribution >= 0.6 is 0 Å². The van der Waals surface area contributed by atoms with E-state index < -0.39 is 5.41 Å². The zero-order chi connectivity index (χ0) is 37.3. The zero-order valence-electron chi connectivity index (χ0n) is 31.2. The van der Waals surface area contributed by atoms with Crippen LogP contribution in [0.5, 0.6) is 11.5 Å². The van der Waals surface area contributed by atoms with Crippen LogP contribution in [-0.4, -0.2) is 19.9 Å². The molecule has 0 saturated carbocycles. The number of hydrogen-bond donors (Lipinski definition) is 0. The van der Waals surface area contributed by atoms with Gasteiger partial charge in [0.25, 0.3) is 0 Å². The molecule has 0 saturated heterocycles. The highest BCUT2D eigenvalue weighted by atomic mass is 16.5. The standard InChI is InChI=1S/C50H38N4O/c1-31-36(27-28-45(51-31)49(2,3)4)33-17-14-18-34(29-33)47-52-46(32-15-6-5-7-16-32)53-48(54-47)35-25-26-38-37-19-8-9-20-39(37)50(42(38)30-35)40-21-10-12-23-43(40)55-44-24-13-11-22-41(44)50/h5-30H,1-4H3. The third-order valence-corrected chi connectivity index (χ3v) is 11.1. The normalized spacial score (nSPS) is 13.4. The Morgan fingerprint density at radius 2 is 0.945 bits per heavy atom. The Hall–Kier alpha value is -6.72. The van der Waals surface area contributed by atoms with E-state index in [4.69, 9.17) is 24.7 Å². The number of para-hydroxylation sites is 2. The van der Waals surface area contributed by atoms with Crippen LogP contribution < -0.4 is 4.74 Å². The van der Waals surface area contributed by atoms with E-state index in [-0.39, 0.29) is 5.41 Å². The van der Waals surface area contributed by atoms with E-state index >= 15 is 0 Å². The first-order valence-corrected chi connectivity index (χ1v) is 18.8. The Morgan fingerprint density at radius 1 is 0.418 bits per heavy atom. The van der Waals surface area contributed by atoms with Crippen molar-refractivity contribution in [1.82, 2.24) is 19.9 Å². The smallest absolute Gasteiger partial charge is 0.164 e. The van der Waals surface area contributed by atoms with Gasteiger partial charge in [0.2, 0.25) is 0 Å². The molecule has 5 heteroatoms. The summed E-state index contributed by atoms with van der Waals surface area (Å²) in [6.45, 7) is 8.66. The summed E-state index contributed by atoms with van der Waals surface area (Å²) in [7, 11) is 0. The number of aromatic nitrogens is 4. The molecule has 0 unspecified atom stereocenters. The molecule has 8 aromatic rings. The van der Waals surface area contributed by atoms with Crippen molar-refractivity contribution in [2.24, 2.45) is 0 Å². The molecule has 0 bridgehead atoms. The van der Waals surface area contributed by atoms with Gasteiger partial charge in [-0.05, 0) is 65.1 Å². The Bertz CT molecular complexity index is 2750. The Kier molecular flexibility index (Phi) is 7.43. The molecule has 1 aliphatic heterocycles. The lowest BCUT2D eigenvalue weighted by atomic mass is 9.66. The van der Waals surface area contributed by atoms with Gasteiger partial charge in [0.15, 0.2) is 17.5 Å². The van der Waals surface area contributed by atoms with Crippen molar-refractivity contribution in [2.75, 3.05) is 0 Å². The fourth-order valence-corrected chi connectivity index (χ4v) is 8.45. The van der Waals surface area contributed by atoms with E-state index in [9.17, 15) is 0 Å². The summed E-state index contributed by atoms with van der Waals surface area (Å²) < 4.78 is 6.57. The van der Waals surface area contributed by atoms with Crippen LogP contribution in [0.15, 0.2) is 158 Å². The van der Waals surface area contributed by atoms with Crippen LogP contribution in [0.1, 0.15) is 54.4 Å². The highest BCUT2D eigenvalue weighted by molar-refractivity contribution is 5.90. The van der Waals surface area contributed by atoms with Crippen molar-refractivity contribution in [3.63, 3.8) is 0 Å². The summed E-state index contributed by atoms with van der Waals surface area (Å²) in [6.07, 6.45) is 0. The minimum Gasteiger partial charge on any atom is -0.457 e. The van der Waals surface area contributed by atoms with Crippen LogP contribution in [0.4, 0.5) is 0 Å². The van der Waals surface area contributed by atoms with Gasteiger partial charge in [0, 0.05) is 50.2 Å². The van der Waals surface area contributed by atoms with Crippen molar-refractivity contribution < 1.29 is 4.74 Å². The lowest BCUT2D eigenvalue weighted by molar-refractivity contribution is 0.436. The van der Waals surface area contributed by atoms with Crippen LogP contribution in [0, 0.1) is 6.92 Å². The van der Waals surface area contributed by atoms with Gasteiger partial charge in [0.05, 0.1) is 5.41 Å². The molecule has 0 radical (unpaired) electrons. The van der Waals surface area contributed by atoms with Gasteiger partial charge in [-0.25, -0.2) is 15.0 Å². The molecule has 5 nitrogen and oxygen atoms in total. The second-order valence-electron chi connectivity index (χ2n) is 15.5. The van der Waals surface area contributed by atoms with Crippen molar-refractivity contribution >= 4 is 0 Å². The highest BCUT2D eigenvalue weighted by Crippen LogP contribution is 2.62. The summed E-state index contributed by atoms with van der Waals surface area (Å²) >= 11 is 0. The largest absolute Gasteiger partial charge is 0.457 e. The molecule has 1 aliphatic carbocycles. The van der Waals surface area contributed by atoms with Crippen molar-refractivity contribution in [2.45, 2.75) is 38.5 Å². The number of rotatable bonds is 4. The molecule has 3 heterocycles. The van der Waals surface area contributed by atoms with Crippen molar-refractivity contribution in [3.05, 3.63) is 191 Å². The number of ether oxygens (including phenoxy) is 1. The van der Waals surface area contributed by atoms with E-state index in [0.29, 0.717) is 17.5 Å². The lowest BCUT2D eigenvalue weighted by Gasteiger charge is -2.39. The number of pyridine rings is 1. The summed E-state index contributed by atoms with van der Waals surface area (Å²) in [5.41, 5.74) is 13.4. The van der Waals surface area contributed by atoms with Gasteiger partial charge in [-0.15, -0.1) is 0 Å². The average Bonchev–Trinajstić information content (AvgIpc) is 3.50. The van der Waals surface area contributed by atoms with Crippen molar-refractivity contribution in [3.8, 4) is 67.9 Å². The summed E-state index contributed by atoms with van der Waals surface area (Å²) in [5.74, 6) is 3.58. The van der Waals surface area contributed by atoms with E-state index in [1.54, 1.807) is 0 Å². The van der Waals surface area contributed by atoms with E-state index in [2.05, 4.69) is 155 Å². The molecule has 0 amide bonds. The first kappa shape index (κ1) is 32.9. The Balaban J connectivity index is 1.17. The molecule has 10 rings (SSSR count). The molecule has 2 aromatic heterocycles. The number of fused-ring (bicyclic) bond motifs is 9. The van der Waals surface area contributed by atoms with Gasteiger partial charge >= 0.3 is 0 Å². The zero-order valence-corrected chi connectivity index (χ0v) is 31.2. The maximum absolute atomic E-state index is 6.57. The molecule has 1 spiro atoms. The summed E-state index contributed by atoms with van der Waals surface area (Å²) in [4.78, 5) is 20.5. The number of aryl methyl sites for hydroxylation is 1.